The summed E-state index contributed by atoms with van der Waals surface area (Å²) in [6.45, 7) is 0. The van der Waals surface area contributed by atoms with Crippen molar-refractivity contribution in [3.63, 3.8) is 0 Å². The molecule has 0 N–H and O–H groups in total. The molecule has 1 atom stereocenters. The zero-order chi connectivity index (χ0) is 14.3. The van der Waals surface area contributed by atoms with Gasteiger partial charge in [0, 0.05) is 19.6 Å². The fraction of sp³-hybridized carbons (Fsp3) is 0.0667. The van der Waals surface area contributed by atoms with E-state index in [2.05, 4.69) is 50.1 Å². The van der Waals surface area contributed by atoms with E-state index in [4.69, 9.17) is 11.6 Å². The van der Waals surface area contributed by atoms with Crippen LogP contribution in [0.5, 0.6) is 0 Å². The minimum Gasteiger partial charge on any atom is -0.207 e. The number of benzene rings is 2. The van der Waals surface area contributed by atoms with E-state index in [9.17, 15) is 4.39 Å². The summed E-state index contributed by atoms with van der Waals surface area (Å²) in [6.07, 6.45) is 0. The van der Waals surface area contributed by atoms with Crippen molar-refractivity contribution in [2.75, 3.05) is 0 Å². The highest BCUT2D eigenvalue weighted by molar-refractivity contribution is 9.10. The summed E-state index contributed by atoms with van der Waals surface area (Å²) in [4.78, 5) is 0.856. The van der Waals surface area contributed by atoms with Crippen LogP contribution in [0.1, 0.15) is 15.3 Å². The molecule has 3 rings (SSSR count). The molecule has 0 nitrogen and oxygen atoms in total. The van der Waals surface area contributed by atoms with Crippen LogP contribution >= 0.6 is 54.8 Å². The van der Waals surface area contributed by atoms with Gasteiger partial charge in [-0.1, -0.05) is 45.7 Å². The van der Waals surface area contributed by atoms with Gasteiger partial charge in [-0.3, -0.25) is 0 Å². The SMILES string of the molecule is Fc1cc(Br)c(Cl)cc1C(Br)c1cc2ccccc2s1. The third-order valence-corrected chi connectivity index (χ3v) is 6.67. The molecule has 0 spiro atoms. The molecule has 0 amide bonds. The predicted molar refractivity (Wildman–Crippen MR) is 91.7 cm³/mol. The minimum atomic E-state index is -0.277. The second kappa shape index (κ2) is 5.76. The molecule has 0 bridgehead atoms. The summed E-state index contributed by atoms with van der Waals surface area (Å²) in [7, 11) is 0. The van der Waals surface area contributed by atoms with Gasteiger partial charge in [0.25, 0.3) is 0 Å². The lowest BCUT2D eigenvalue weighted by Crippen LogP contribution is -1.95. The molecule has 2 aromatic carbocycles. The Hall–Kier alpha value is -0.420. The number of halogens is 4. The van der Waals surface area contributed by atoms with Gasteiger partial charge in [-0.2, -0.15) is 0 Å². The Morgan fingerprint density at radius 2 is 1.90 bits per heavy atom. The van der Waals surface area contributed by atoms with Crippen LogP contribution in [0.4, 0.5) is 4.39 Å². The quantitative estimate of drug-likeness (QED) is 0.303. The molecule has 0 saturated carbocycles. The molecule has 0 saturated heterocycles. The first-order chi connectivity index (χ1) is 9.56. The number of hydrogen-bond donors (Lipinski definition) is 0. The van der Waals surface area contributed by atoms with Crippen LogP contribution in [-0.2, 0) is 0 Å². The summed E-state index contributed by atoms with van der Waals surface area (Å²) in [6, 6.07) is 13.3. The highest BCUT2D eigenvalue weighted by atomic mass is 79.9. The van der Waals surface area contributed by atoms with Gasteiger partial charge in [0.2, 0.25) is 0 Å². The Morgan fingerprint density at radius 3 is 2.65 bits per heavy atom. The molecule has 1 unspecified atom stereocenters. The number of fused-ring (bicyclic) bond motifs is 1. The molecule has 102 valence electrons. The van der Waals surface area contributed by atoms with Crippen LogP contribution in [0.15, 0.2) is 46.9 Å². The van der Waals surface area contributed by atoms with E-state index in [1.54, 1.807) is 17.4 Å². The van der Waals surface area contributed by atoms with E-state index in [1.165, 1.54) is 16.2 Å². The summed E-state index contributed by atoms with van der Waals surface area (Å²) < 4.78 is 15.9. The molecule has 20 heavy (non-hydrogen) atoms. The number of alkyl halides is 1. The first kappa shape index (κ1) is 14.5. The van der Waals surface area contributed by atoms with Crippen molar-refractivity contribution in [2.45, 2.75) is 4.83 Å². The summed E-state index contributed by atoms with van der Waals surface area (Å²) in [5.41, 5.74) is 0.546. The van der Waals surface area contributed by atoms with Crippen LogP contribution in [0, 0.1) is 5.82 Å². The molecule has 0 radical (unpaired) electrons. The lowest BCUT2D eigenvalue weighted by Gasteiger charge is -2.10. The monoisotopic (exact) mass is 432 g/mol. The van der Waals surface area contributed by atoms with E-state index in [1.807, 2.05) is 12.1 Å². The summed E-state index contributed by atoms with van der Waals surface area (Å²) in [5.74, 6) is -0.277. The van der Waals surface area contributed by atoms with Crippen molar-refractivity contribution in [3.8, 4) is 0 Å². The Labute approximate surface area is 141 Å². The highest BCUT2D eigenvalue weighted by Crippen LogP contribution is 2.41. The van der Waals surface area contributed by atoms with Crippen LogP contribution in [0.3, 0.4) is 0 Å². The molecule has 0 aliphatic rings. The van der Waals surface area contributed by atoms with Gasteiger partial charge in [0.05, 0.1) is 9.85 Å². The van der Waals surface area contributed by atoms with Crippen LogP contribution in [0.2, 0.25) is 5.02 Å². The lowest BCUT2D eigenvalue weighted by atomic mass is 10.1. The lowest BCUT2D eigenvalue weighted by molar-refractivity contribution is 0.613. The molecular formula is C15H8Br2ClFS. The Kier molecular flexibility index (Phi) is 4.18. The zero-order valence-corrected chi connectivity index (χ0v) is 14.8. The third kappa shape index (κ3) is 2.67. The molecule has 1 heterocycles. The first-order valence-electron chi connectivity index (χ1n) is 5.83. The number of hydrogen-bond acceptors (Lipinski definition) is 1. The maximum Gasteiger partial charge on any atom is 0.129 e. The Morgan fingerprint density at radius 1 is 1.15 bits per heavy atom. The van der Waals surface area contributed by atoms with Crippen LogP contribution < -0.4 is 0 Å². The minimum absolute atomic E-state index is 0.203. The van der Waals surface area contributed by atoms with Gasteiger partial charge in [-0.05, 0) is 45.6 Å². The van der Waals surface area contributed by atoms with Crippen molar-refractivity contribution in [1.29, 1.82) is 0 Å². The van der Waals surface area contributed by atoms with Crippen molar-refractivity contribution in [3.05, 3.63) is 68.2 Å². The van der Waals surface area contributed by atoms with E-state index in [0.29, 0.717) is 15.1 Å². The number of thiophene rings is 1. The number of rotatable bonds is 2. The molecule has 3 aromatic rings. The second-order valence-corrected chi connectivity index (χ2v) is 7.63. The van der Waals surface area contributed by atoms with Crippen molar-refractivity contribution >= 4 is 64.9 Å². The maximum absolute atomic E-state index is 14.1. The van der Waals surface area contributed by atoms with Gasteiger partial charge < -0.3 is 0 Å². The largest absolute Gasteiger partial charge is 0.207 e. The molecule has 0 aliphatic heterocycles. The topological polar surface area (TPSA) is 0 Å². The molecule has 1 aromatic heterocycles. The van der Waals surface area contributed by atoms with Crippen molar-refractivity contribution in [1.82, 2.24) is 0 Å². The smallest absolute Gasteiger partial charge is 0.129 e. The fourth-order valence-electron chi connectivity index (χ4n) is 2.01. The predicted octanol–water partition coefficient (Wildman–Crippen LogP) is 6.94. The summed E-state index contributed by atoms with van der Waals surface area (Å²) >= 11 is 14.5. The highest BCUT2D eigenvalue weighted by Gasteiger charge is 2.19. The Bertz CT molecular complexity index is 752. The maximum atomic E-state index is 14.1. The molecule has 5 heteroatoms. The van der Waals surface area contributed by atoms with Gasteiger partial charge in [-0.15, -0.1) is 11.3 Å². The first-order valence-corrected chi connectivity index (χ1v) is 8.73. The zero-order valence-electron chi connectivity index (χ0n) is 10.0. The average molecular weight is 435 g/mol. The van der Waals surface area contributed by atoms with E-state index < -0.39 is 0 Å². The summed E-state index contributed by atoms with van der Waals surface area (Å²) in [5, 5.41) is 1.67. The van der Waals surface area contributed by atoms with Gasteiger partial charge >= 0.3 is 0 Å². The van der Waals surface area contributed by atoms with Crippen LogP contribution in [0.25, 0.3) is 10.1 Å². The normalized spacial score (nSPS) is 12.8. The third-order valence-electron chi connectivity index (χ3n) is 3.01. The van der Waals surface area contributed by atoms with Gasteiger partial charge in [0.1, 0.15) is 5.82 Å². The van der Waals surface area contributed by atoms with E-state index in [-0.39, 0.29) is 10.6 Å². The van der Waals surface area contributed by atoms with E-state index >= 15 is 0 Å². The van der Waals surface area contributed by atoms with Crippen molar-refractivity contribution < 1.29 is 4.39 Å². The van der Waals surface area contributed by atoms with Crippen LogP contribution in [-0.4, -0.2) is 0 Å². The molecular weight excluding hydrogens is 426 g/mol. The van der Waals surface area contributed by atoms with Gasteiger partial charge in [-0.25, -0.2) is 4.39 Å². The second-order valence-electron chi connectivity index (χ2n) is 4.34. The average Bonchev–Trinajstić information content (AvgIpc) is 2.86. The van der Waals surface area contributed by atoms with Gasteiger partial charge in [0.15, 0.2) is 0 Å². The van der Waals surface area contributed by atoms with E-state index in [0.717, 1.165) is 4.88 Å². The Balaban J connectivity index is 2.07. The standard InChI is InChI=1S/C15H8Br2ClFS/c16-10-7-12(19)9(6-11(10)18)15(17)14-5-8-3-1-2-4-13(8)20-14/h1-7,15H. The van der Waals surface area contributed by atoms with Crippen molar-refractivity contribution in [2.24, 2.45) is 0 Å². The fourth-order valence-corrected chi connectivity index (χ4v) is 4.33. The molecule has 0 aliphatic carbocycles. The molecule has 0 fully saturated rings.